The van der Waals surface area contributed by atoms with Crippen molar-refractivity contribution >= 4 is 28.1 Å². The number of allylic oxidation sites excluding steroid dienone is 2. The molecule has 3 aromatic rings. The summed E-state index contributed by atoms with van der Waals surface area (Å²) in [5, 5.41) is 0.551. The predicted octanol–water partition coefficient (Wildman–Crippen LogP) is 8.84. The van der Waals surface area contributed by atoms with Crippen LogP contribution in [-0.4, -0.2) is 12.5 Å². The minimum absolute atomic E-state index is 0.0220. The summed E-state index contributed by atoms with van der Waals surface area (Å²) in [6.07, 6.45) is 14.7. The molecule has 0 nitrogen and oxygen atoms in total. The van der Waals surface area contributed by atoms with Crippen LogP contribution in [0.4, 0.5) is 0 Å². The first-order valence-corrected chi connectivity index (χ1v) is 15.8. The van der Waals surface area contributed by atoms with Gasteiger partial charge in [0, 0.05) is 17.4 Å². The van der Waals surface area contributed by atoms with Crippen LogP contribution in [0.1, 0.15) is 88.4 Å². The summed E-state index contributed by atoms with van der Waals surface area (Å²) in [6.45, 7) is 9.68. The molecule has 0 spiro atoms. The molecule has 1 heteroatoms. The van der Waals surface area contributed by atoms with Crippen molar-refractivity contribution in [1.82, 2.24) is 0 Å². The maximum absolute atomic E-state index is 2.57. The van der Waals surface area contributed by atoms with Crippen molar-refractivity contribution in [2.75, 3.05) is 12.5 Å². The Balaban J connectivity index is 1.76. The second kappa shape index (κ2) is 8.80. The van der Waals surface area contributed by atoms with Crippen LogP contribution < -0.4 is 0 Å². The van der Waals surface area contributed by atoms with E-state index in [4.69, 9.17) is 0 Å². The molecule has 6 rings (SSSR count). The van der Waals surface area contributed by atoms with Gasteiger partial charge < -0.3 is 0 Å². The Morgan fingerprint density at radius 3 is 2.39 bits per heavy atom. The predicted molar refractivity (Wildman–Crippen MR) is 160 cm³/mol. The van der Waals surface area contributed by atoms with Gasteiger partial charge >= 0.3 is 0 Å². The largest absolute Gasteiger partial charge is 0.147 e. The minimum atomic E-state index is -0.0220. The Labute approximate surface area is 220 Å². The molecule has 3 aliphatic carbocycles. The van der Waals surface area contributed by atoms with E-state index < -0.39 is 0 Å². The van der Waals surface area contributed by atoms with Gasteiger partial charge in [0.25, 0.3) is 0 Å². The first-order valence-electron chi connectivity index (χ1n) is 13.7. The molecule has 0 N–H and O–H groups in total. The zero-order chi connectivity index (χ0) is 25.2. The van der Waals surface area contributed by atoms with Crippen LogP contribution in [0.15, 0.2) is 60.7 Å². The molecule has 0 fully saturated rings. The van der Waals surface area contributed by atoms with Crippen molar-refractivity contribution < 1.29 is 0 Å². The maximum Gasteiger partial charge on any atom is 0.147 e. The van der Waals surface area contributed by atoms with Crippen molar-refractivity contribution in [2.24, 2.45) is 5.92 Å². The highest BCUT2D eigenvalue weighted by Crippen LogP contribution is 2.61. The lowest BCUT2D eigenvalue weighted by atomic mass is 9.62. The molecular formula is C35H39S+. The summed E-state index contributed by atoms with van der Waals surface area (Å²) in [5.41, 5.74) is 16.4. The van der Waals surface area contributed by atoms with Gasteiger partial charge in [-0.3, -0.25) is 0 Å². The molecule has 0 aliphatic heterocycles. The van der Waals surface area contributed by atoms with E-state index in [9.17, 15) is 0 Å². The Bertz CT molecular complexity index is 1420. The highest BCUT2D eigenvalue weighted by Gasteiger charge is 2.50. The zero-order valence-corrected chi connectivity index (χ0v) is 23.6. The van der Waals surface area contributed by atoms with Gasteiger partial charge in [0.05, 0.1) is 12.5 Å². The molecule has 3 aromatic carbocycles. The number of benzene rings is 3. The summed E-state index contributed by atoms with van der Waals surface area (Å²) < 4.78 is 0. The fourth-order valence-corrected chi connectivity index (χ4v) is 8.76. The Kier molecular flexibility index (Phi) is 5.84. The zero-order valence-electron chi connectivity index (χ0n) is 22.7. The van der Waals surface area contributed by atoms with E-state index in [1.807, 2.05) is 0 Å². The Morgan fingerprint density at radius 2 is 1.61 bits per heavy atom. The summed E-state index contributed by atoms with van der Waals surface area (Å²) in [7, 11) is 0.288. The van der Waals surface area contributed by atoms with Crippen molar-refractivity contribution in [3.63, 3.8) is 0 Å². The molecular weight excluding hydrogens is 452 g/mol. The third kappa shape index (κ3) is 3.28. The summed E-state index contributed by atoms with van der Waals surface area (Å²) in [5.74, 6) is 0.510. The molecule has 0 saturated heterocycles. The van der Waals surface area contributed by atoms with Gasteiger partial charge in [-0.05, 0) is 92.7 Å². The summed E-state index contributed by atoms with van der Waals surface area (Å²) in [6, 6.07) is 21.3. The van der Waals surface area contributed by atoms with Crippen molar-refractivity contribution in [1.29, 1.82) is 0 Å². The van der Waals surface area contributed by atoms with E-state index in [0.29, 0.717) is 11.2 Å². The van der Waals surface area contributed by atoms with Crippen molar-refractivity contribution in [3.8, 4) is 0 Å². The first-order chi connectivity index (χ1) is 17.4. The molecule has 1 unspecified atom stereocenters. The molecule has 0 heterocycles. The summed E-state index contributed by atoms with van der Waals surface area (Å²) in [4.78, 5) is 0. The van der Waals surface area contributed by atoms with Gasteiger partial charge in [-0.15, -0.1) is 0 Å². The molecule has 0 radical (unpaired) electrons. The highest BCUT2D eigenvalue weighted by molar-refractivity contribution is 7.95. The normalized spacial score (nSPS) is 23.6. The van der Waals surface area contributed by atoms with Crippen molar-refractivity contribution in [3.05, 3.63) is 111 Å². The smallest absolute Gasteiger partial charge is 0.0796 e. The molecule has 184 valence electrons. The Morgan fingerprint density at radius 1 is 0.889 bits per heavy atom. The number of fused-ring (bicyclic) bond motifs is 8. The molecule has 36 heavy (non-hydrogen) atoms. The lowest BCUT2D eigenvalue weighted by Crippen LogP contribution is -2.34. The average Bonchev–Trinajstić information content (AvgIpc) is 3.13. The molecule has 0 saturated carbocycles. The molecule has 0 aromatic heterocycles. The highest BCUT2D eigenvalue weighted by atomic mass is 32.2. The van der Waals surface area contributed by atoms with E-state index in [1.165, 1.54) is 63.8 Å². The minimum Gasteiger partial charge on any atom is -0.0796 e. The quantitative estimate of drug-likeness (QED) is 0.320. The van der Waals surface area contributed by atoms with Crippen LogP contribution in [0.2, 0.25) is 0 Å². The molecule has 0 amide bonds. The first kappa shape index (κ1) is 23.9. The van der Waals surface area contributed by atoms with Crippen LogP contribution in [-0.2, 0) is 22.7 Å². The van der Waals surface area contributed by atoms with E-state index in [1.54, 1.807) is 16.7 Å². The van der Waals surface area contributed by atoms with Gasteiger partial charge in [-0.2, -0.15) is 0 Å². The lowest BCUT2D eigenvalue weighted by Gasteiger charge is -2.41. The second-order valence-electron chi connectivity index (χ2n) is 11.5. The fraction of sp³-hybridized carbons (Fsp3) is 0.371. The summed E-state index contributed by atoms with van der Waals surface area (Å²) >= 11 is 0. The Hall–Kier alpha value is -2.51. The SMILES string of the molecule is CCCC[C@@H]1C=Cc2cccc3c2[C@@]1(C)C1=C3c2cccc(c2C)CC([S+](C)C)c2cccc1c2C. The molecule has 3 aliphatic rings. The number of rotatable bonds is 4. The molecule has 4 bridgehead atoms. The van der Waals surface area contributed by atoms with Crippen molar-refractivity contribution in [2.45, 2.75) is 64.0 Å². The fourth-order valence-electron chi connectivity index (χ4n) is 7.48. The lowest BCUT2D eigenvalue weighted by molar-refractivity contribution is 0.405. The van der Waals surface area contributed by atoms with Crippen LogP contribution in [0.5, 0.6) is 0 Å². The van der Waals surface area contributed by atoms with Crippen LogP contribution in [0.3, 0.4) is 0 Å². The molecule has 3 atom stereocenters. The van der Waals surface area contributed by atoms with E-state index in [2.05, 4.69) is 107 Å². The second-order valence-corrected chi connectivity index (χ2v) is 13.8. The topological polar surface area (TPSA) is 0 Å². The number of hydrogen-bond acceptors (Lipinski definition) is 0. The monoisotopic (exact) mass is 491 g/mol. The van der Waals surface area contributed by atoms with Crippen LogP contribution in [0.25, 0.3) is 17.2 Å². The van der Waals surface area contributed by atoms with E-state index in [0.717, 1.165) is 6.42 Å². The van der Waals surface area contributed by atoms with Gasteiger partial charge in [0.15, 0.2) is 0 Å². The van der Waals surface area contributed by atoms with E-state index >= 15 is 0 Å². The van der Waals surface area contributed by atoms with Gasteiger partial charge in [-0.1, -0.05) is 93.4 Å². The average molecular weight is 492 g/mol. The third-order valence-electron chi connectivity index (χ3n) is 9.45. The third-order valence-corrected chi connectivity index (χ3v) is 11.0. The maximum atomic E-state index is 2.57. The van der Waals surface area contributed by atoms with Crippen LogP contribution >= 0.6 is 0 Å². The van der Waals surface area contributed by atoms with Gasteiger partial charge in [-0.25, -0.2) is 0 Å². The van der Waals surface area contributed by atoms with Gasteiger partial charge in [0.2, 0.25) is 0 Å². The van der Waals surface area contributed by atoms with E-state index in [-0.39, 0.29) is 16.3 Å². The number of hydrogen-bond donors (Lipinski definition) is 0. The van der Waals surface area contributed by atoms with Gasteiger partial charge in [0.1, 0.15) is 5.25 Å². The number of unbranched alkanes of at least 4 members (excludes halogenated alkanes) is 1. The standard InChI is InChI=1S/C35H39S/c1-7-8-14-26-20-19-24-12-9-18-30-32-28-16-10-13-25(22(28)2)21-31(36(5)6)27-15-11-17-29(23(27)3)34(32)35(26,4)33(24)30/h9-13,15-20,26,31H,7-8,14,21H2,1-6H3/q+1/t26-,31?,35+/m1/s1. The van der Waals surface area contributed by atoms with Crippen LogP contribution in [0, 0.1) is 19.8 Å².